The van der Waals surface area contributed by atoms with Gasteiger partial charge in [-0.15, -0.1) is 11.8 Å². The van der Waals surface area contributed by atoms with Crippen molar-refractivity contribution in [3.63, 3.8) is 0 Å². The van der Waals surface area contributed by atoms with Gasteiger partial charge in [0.15, 0.2) is 0 Å². The van der Waals surface area contributed by atoms with E-state index in [-0.39, 0.29) is 42.5 Å². The number of rotatable bonds is 6. The summed E-state index contributed by atoms with van der Waals surface area (Å²) in [5, 5.41) is 3.86. The molecule has 2 aromatic heterocycles. The van der Waals surface area contributed by atoms with E-state index in [0.29, 0.717) is 23.9 Å². The Morgan fingerprint density at radius 1 is 1.15 bits per heavy atom. The normalized spacial score (nSPS) is 27.3. The molecule has 4 aliphatic rings. The van der Waals surface area contributed by atoms with Crippen LogP contribution in [-0.4, -0.2) is 82.0 Å². The highest BCUT2D eigenvalue weighted by molar-refractivity contribution is 8.00. The zero-order chi connectivity index (χ0) is 28.6. The van der Waals surface area contributed by atoms with Crippen LogP contribution >= 0.6 is 11.8 Å². The van der Waals surface area contributed by atoms with Crippen LogP contribution in [0.4, 0.5) is 13.2 Å². The number of pyridine rings is 2. The van der Waals surface area contributed by atoms with Gasteiger partial charge in [-0.3, -0.25) is 24.4 Å². The molecule has 1 aliphatic carbocycles. The van der Waals surface area contributed by atoms with Crippen molar-refractivity contribution in [1.82, 2.24) is 24.7 Å². The quantitative estimate of drug-likeness (QED) is 0.553. The Labute approximate surface area is 241 Å². The molecule has 0 spiro atoms. The highest BCUT2D eigenvalue weighted by atomic mass is 32.2. The summed E-state index contributed by atoms with van der Waals surface area (Å²) < 4.78 is 46.9. The number of ether oxygens (including phenoxy) is 1. The lowest BCUT2D eigenvalue weighted by Crippen LogP contribution is -2.48. The number of carbonyl (C=O) groups excluding carboxylic acids is 1. The monoisotopic (exact) mass is 591 g/mol. The van der Waals surface area contributed by atoms with Crippen LogP contribution in [-0.2, 0) is 35.2 Å². The van der Waals surface area contributed by atoms with Crippen LogP contribution in [0.3, 0.4) is 0 Å². The molecule has 2 fully saturated rings. The van der Waals surface area contributed by atoms with E-state index in [1.807, 2.05) is 29.1 Å². The van der Waals surface area contributed by atoms with Gasteiger partial charge in [-0.25, -0.2) is 0 Å². The topological polar surface area (TPSA) is 79.7 Å². The van der Waals surface area contributed by atoms with Crippen molar-refractivity contribution < 1.29 is 22.7 Å². The summed E-state index contributed by atoms with van der Waals surface area (Å²) in [6, 6.07) is 4.17. The molecule has 1 N–H and O–H groups in total. The second kappa shape index (κ2) is 12.1. The van der Waals surface area contributed by atoms with E-state index in [4.69, 9.17) is 4.74 Å². The number of hydrogen-bond acceptors (Lipinski definition) is 7. The molecule has 5 heterocycles. The minimum absolute atomic E-state index is 0.0334. The Hall–Kier alpha value is -2.41. The van der Waals surface area contributed by atoms with Gasteiger partial charge in [0.05, 0.1) is 18.2 Å². The number of likely N-dealkylation sites (tertiary alicyclic amines) is 1. The van der Waals surface area contributed by atoms with Gasteiger partial charge in [0.25, 0.3) is 5.56 Å². The maximum Gasteiger partial charge on any atom is 0.416 e. The third-order valence-electron chi connectivity index (χ3n) is 8.82. The first-order valence-corrected chi connectivity index (χ1v) is 15.4. The first-order valence-electron chi connectivity index (χ1n) is 14.5. The zero-order valence-electron chi connectivity index (χ0n) is 22.9. The molecular weight excluding hydrogens is 555 g/mol. The first-order chi connectivity index (χ1) is 19.7. The fourth-order valence-corrected chi connectivity index (χ4v) is 8.37. The first kappa shape index (κ1) is 28.7. The average Bonchev–Trinajstić information content (AvgIpc) is 3.41. The second-order valence-corrected chi connectivity index (χ2v) is 13.0. The molecule has 41 heavy (non-hydrogen) atoms. The largest absolute Gasteiger partial charge is 0.416 e. The molecule has 0 bridgehead atoms. The Morgan fingerprint density at radius 2 is 2.02 bits per heavy atom. The van der Waals surface area contributed by atoms with Gasteiger partial charge in [0, 0.05) is 86.6 Å². The zero-order valence-corrected chi connectivity index (χ0v) is 23.8. The van der Waals surface area contributed by atoms with E-state index >= 15 is 0 Å². The third kappa shape index (κ3) is 6.50. The summed E-state index contributed by atoms with van der Waals surface area (Å²) in [5.41, 5.74) is 1.33. The van der Waals surface area contributed by atoms with E-state index < -0.39 is 17.3 Å². The van der Waals surface area contributed by atoms with Gasteiger partial charge in [0.2, 0.25) is 5.91 Å². The lowest BCUT2D eigenvalue weighted by molar-refractivity contribution is -0.138. The van der Waals surface area contributed by atoms with Crippen molar-refractivity contribution in [3.8, 4) is 0 Å². The predicted molar refractivity (Wildman–Crippen MR) is 150 cm³/mol. The highest BCUT2D eigenvalue weighted by Crippen LogP contribution is 2.45. The van der Waals surface area contributed by atoms with Crippen molar-refractivity contribution in [3.05, 3.63) is 63.3 Å². The number of aryl methyl sites for hydroxylation is 1. The highest BCUT2D eigenvalue weighted by Gasteiger charge is 2.40. The molecule has 1 amide bonds. The summed E-state index contributed by atoms with van der Waals surface area (Å²) in [7, 11) is 0. The van der Waals surface area contributed by atoms with Crippen LogP contribution in [0, 0.1) is 0 Å². The van der Waals surface area contributed by atoms with Crippen LogP contribution in [0.2, 0.25) is 0 Å². The fraction of sp³-hybridized carbons (Fsp3) is 0.621. The van der Waals surface area contributed by atoms with Gasteiger partial charge in [-0.05, 0) is 55.4 Å². The molecular formula is C29H36F3N5O3S. The molecule has 3 aliphatic heterocycles. The van der Waals surface area contributed by atoms with Crippen LogP contribution < -0.4 is 10.9 Å². The molecule has 0 aromatic carbocycles. The molecule has 12 heteroatoms. The summed E-state index contributed by atoms with van der Waals surface area (Å²) in [4.78, 5) is 34.3. The number of hydrogen-bond donors (Lipinski definition) is 1. The number of halogens is 3. The number of aromatic nitrogens is 2. The van der Waals surface area contributed by atoms with E-state index in [0.717, 1.165) is 64.5 Å². The average molecular weight is 592 g/mol. The number of amides is 1. The van der Waals surface area contributed by atoms with Crippen LogP contribution in [0.1, 0.15) is 53.3 Å². The van der Waals surface area contributed by atoms with Gasteiger partial charge >= 0.3 is 6.18 Å². The maximum absolute atomic E-state index is 13.3. The van der Waals surface area contributed by atoms with E-state index in [2.05, 4.69) is 21.3 Å². The van der Waals surface area contributed by atoms with Crippen LogP contribution in [0.5, 0.6) is 0 Å². The van der Waals surface area contributed by atoms with Gasteiger partial charge in [0.1, 0.15) is 0 Å². The lowest BCUT2D eigenvalue weighted by Gasteiger charge is -2.30. The molecule has 0 saturated carbocycles. The Balaban J connectivity index is 1.13. The number of thioether (sulfide) groups is 1. The van der Waals surface area contributed by atoms with Crippen molar-refractivity contribution in [1.29, 1.82) is 0 Å². The smallest absolute Gasteiger partial charge is 0.381 e. The number of alkyl halides is 3. The number of nitrogens with one attached hydrogen (secondary N) is 1. The molecule has 6 rings (SSSR count). The summed E-state index contributed by atoms with van der Waals surface area (Å²) >= 11 is 1.94. The summed E-state index contributed by atoms with van der Waals surface area (Å²) in [6.45, 7) is 4.10. The van der Waals surface area contributed by atoms with Crippen LogP contribution in [0.25, 0.3) is 0 Å². The van der Waals surface area contributed by atoms with Gasteiger partial charge in [-0.2, -0.15) is 13.2 Å². The van der Waals surface area contributed by atoms with E-state index in [9.17, 15) is 22.8 Å². The SMILES string of the molecule is O=C(CN1CCn2c(cc(C(F)(F)F)cc2=O)C1)NC1CN(C2CCCOCC2)C[C@@H]1SC1CCc2ccncc21. The summed E-state index contributed by atoms with van der Waals surface area (Å²) in [6.07, 6.45) is 4.45. The number of nitrogens with zero attached hydrogens (tertiary/aromatic N) is 4. The molecule has 2 aromatic rings. The lowest BCUT2D eigenvalue weighted by atomic mass is 10.1. The molecule has 0 radical (unpaired) electrons. The molecule has 8 nitrogen and oxygen atoms in total. The predicted octanol–water partition coefficient (Wildman–Crippen LogP) is 3.24. The number of fused-ring (bicyclic) bond motifs is 2. The Kier molecular flexibility index (Phi) is 8.44. The minimum Gasteiger partial charge on any atom is -0.381 e. The molecule has 2 saturated heterocycles. The molecule has 222 valence electrons. The van der Waals surface area contributed by atoms with Crippen molar-refractivity contribution in [2.75, 3.05) is 39.4 Å². The van der Waals surface area contributed by atoms with Crippen molar-refractivity contribution in [2.24, 2.45) is 0 Å². The maximum atomic E-state index is 13.3. The van der Waals surface area contributed by atoms with Gasteiger partial charge in [-0.1, -0.05) is 0 Å². The number of carbonyl (C=O) groups is 1. The fourth-order valence-electron chi connectivity index (χ4n) is 6.72. The molecule has 3 unspecified atom stereocenters. The third-order valence-corrected chi connectivity index (χ3v) is 10.5. The van der Waals surface area contributed by atoms with E-state index in [1.165, 1.54) is 15.7 Å². The summed E-state index contributed by atoms with van der Waals surface area (Å²) in [5.74, 6) is -0.136. The van der Waals surface area contributed by atoms with E-state index in [1.54, 1.807) is 0 Å². The van der Waals surface area contributed by atoms with Crippen molar-refractivity contribution >= 4 is 17.7 Å². The Morgan fingerprint density at radius 3 is 2.88 bits per heavy atom. The molecule has 4 atom stereocenters. The van der Waals surface area contributed by atoms with Crippen LogP contribution in [0.15, 0.2) is 35.4 Å². The standard InChI is InChI=1S/C29H36F3N5O3S/c30-29(31,32)20-12-22-15-35(8-9-37(22)28(39)13-20)18-27(38)34-24-16-36(21-2-1-10-40-11-6-21)17-26(24)41-25-4-3-19-5-7-33-14-23(19)25/h5,7,12-14,21,24-26H,1-4,6,8-11,15-18H2,(H,34,38)/t21?,24?,25?,26-/m0/s1. The minimum atomic E-state index is -4.59. The van der Waals surface area contributed by atoms with Crippen molar-refractivity contribution in [2.45, 2.75) is 74.0 Å². The Bertz CT molecular complexity index is 1310. The van der Waals surface area contributed by atoms with Gasteiger partial charge < -0.3 is 14.6 Å². The second-order valence-electron chi connectivity index (χ2n) is 11.5.